The van der Waals surface area contributed by atoms with E-state index in [1.165, 1.54) is 5.56 Å². The summed E-state index contributed by atoms with van der Waals surface area (Å²) in [5.74, 6) is 0. The number of rotatable bonds is 2. The molecule has 2 heteroatoms. The van der Waals surface area contributed by atoms with E-state index >= 15 is 0 Å². The summed E-state index contributed by atoms with van der Waals surface area (Å²) >= 11 is 5.78. The molecular weight excluding hydrogens is 170 g/mol. The second-order valence-corrected chi connectivity index (χ2v) is 3.82. The van der Waals surface area contributed by atoms with Crippen molar-refractivity contribution in [1.29, 1.82) is 0 Å². The van der Waals surface area contributed by atoms with E-state index in [4.69, 9.17) is 11.6 Å². The van der Waals surface area contributed by atoms with Crippen LogP contribution in [-0.2, 0) is 5.54 Å². The second-order valence-electron chi connectivity index (χ2n) is 3.38. The lowest BCUT2D eigenvalue weighted by atomic mass is 9.95. The topological polar surface area (TPSA) is 12.0 Å². The van der Waals surface area contributed by atoms with E-state index in [-0.39, 0.29) is 5.54 Å². The third-order valence-corrected chi connectivity index (χ3v) is 2.44. The Morgan fingerprint density at radius 3 is 2.08 bits per heavy atom. The van der Waals surface area contributed by atoms with Gasteiger partial charge in [-0.3, -0.25) is 0 Å². The van der Waals surface area contributed by atoms with Gasteiger partial charge in [0.25, 0.3) is 0 Å². The van der Waals surface area contributed by atoms with E-state index in [9.17, 15) is 0 Å². The fourth-order valence-electron chi connectivity index (χ4n) is 1.01. The Morgan fingerprint density at radius 2 is 1.67 bits per heavy atom. The van der Waals surface area contributed by atoms with Crippen molar-refractivity contribution < 1.29 is 0 Å². The minimum absolute atomic E-state index is 0.0184. The molecule has 1 aromatic carbocycles. The van der Waals surface area contributed by atoms with Crippen molar-refractivity contribution in [2.24, 2.45) is 0 Å². The average Bonchev–Trinajstić information content (AvgIpc) is 2.05. The molecule has 0 aromatic heterocycles. The summed E-state index contributed by atoms with van der Waals surface area (Å²) in [6.45, 7) is 4.27. The van der Waals surface area contributed by atoms with Crippen molar-refractivity contribution >= 4 is 11.6 Å². The zero-order valence-electron chi connectivity index (χ0n) is 7.69. The molecule has 1 rings (SSSR count). The molecule has 0 aliphatic heterocycles. The second kappa shape index (κ2) is 3.46. The van der Waals surface area contributed by atoms with Crippen LogP contribution in [0, 0.1) is 0 Å². The first-order valence-corrected chi connectivity index (χ1v) is 4.39. The SMILES string of the molecule is CNC(C)(C)c1ccc(Cl)cc1. The fraction of sp³-hybridized carbons (Fsp3) is 0.400. The van der Waals surface area contributed by atoms with Gasteiger partial charge in [0.2, 0.25) is 0 Å². The van der Waals surface area contributed by atoms with E-state index in [0.29, 0.717) is 0 Å². The van der Waals surface area contributed by atoms with Gasteiger partial charge in [0, 0.05) is 10.6 Å². The minimum atomic E-state index is 0.0184. The number of halogens is 1. The van der Waals surface area contributed by atoms with Gasteiger partial charge in [-0.2, -0.15) is 0 Å². The van der Waals surface area contributed by atoms with Gasteiger partial charge in [0.05, 0.1) is 0 Å². The maximum Gasteiger partial charge on any atom is 0.0406 e. The van der Waals surface area contributed by atoms with Crippen molar-refractivity contribution in [1.82, 2.24) is 5.32 Å². The zero-order chi connectivity index (χ0) is 9.19. The summed E-state index contributed by atoms with van der Waals surface area (Å²) in [6, 6.07) is 7.91. The smallest absolute Gasteiger partial charge is 0.0406 e. The molecule has 0 spiro atoms. The van der Waals surface area contributed by atoms with E-state index < -0.39 is 0 Å². The maximum absolute atomic E-state index is 5.78. The Labute approximate surface area is 78.7 Å². The van der Waals surface area contributed by atoms with Crippen LogP contribution in [0.3, 0.4) is 0 Å². The first-order chi connectivity index (χ1) is 5.56. The Bertz CT molecular complexity index is 251. The summed E-state index contributed by atoms with van der Waals surface area (Å²) in [5, 5.41) is 4.02. The van der Waals surface area contributed by atoms with Crippen LogP contribution in [0.5, 0.6) is 0 Å². The number of nitrogens with one attached hydrogen (secondary N) is 1. The number of hydrogen-bond acceptors (Lipinski definition) is 1. The highest BCUT2D eigenvalue weighted by molar-refractivity contribution is 6.30. The molecule has 0 bridgehead atoms. The van der Waals surface area contributed by atoms with Gasteiger partial charge in [0.15, 0.2) is 0 Å². The van der Waals surface area contributed by atoms with Gasteiger partial charge in [-0.05, 0) is 38.6 Å². The molecule has 0 amide bonds. The zero-order valence-corrected chi connectivity index (χ0v) is 8.44. The van der Waals surface area contributed by atoms with Crippen LogP contribution in [0.15, 0.2) is 24.3 Å². The molecule has 0 aliphatic carbocycles. The Hall–Kier alpha value is -0.530. The summed E-state index contributed by atoms with van der Waals surface area (Å²) in [5.41, 5.74) is 1.26. The minimum Gasteiger partial charge on any atom is -0.311 e. The molecule has 0 fully saturated rings. The van der Waals surface area contributed by atoms with E-state index in [0.717, 1.165) is 5.02 Å². The quantitative estimate of drug-likeness (QED) is 0.744. The van der Waals surface area contributed by atoms with Crippen LogP contribution in [0.4, 0.5) is 0 Å². The Morgan fingerprint density at radius 1 is 1.17 bits per heavy atom. The summed E-state index contributed by atoms with van der Waals surface area (Å²) in [4.78, 5) is 0. The predicted molar refractivity (Wildman–Crippen MR) is 53.5 cm³/mol. The monoisotopic (exact) mass is 183 g/mol. The molecular formula is C10H14ClN. The molecule has 12 heavy (non-hydrogen) atoms. The highest BCUT2D eigenvalue weighted by atomic mass is 35.5. The molecule has 0 aliphatic rings. The summed E-state index contributed by atoms with van der Waals surface area (Å²) < 4.78 is 0. The standard InChI is InChI=1S/C10H14ClN/c1-10(2,12-3)8-4-6-9(11)7-5-8/h4-7,12H,1-3H3. The third kappa shape index (κ3) is 1.99. The largest absolute Gasteiger partial charge is 0.311 e. The van der Waals surface area contributed by atoms with Gasteiger partial charge in [-0.15, -0.1) is 0 Å². The Balaban J connectivity index is 2.96. The molecule has 0 atom stereocenters. The molecule has 1 aromatic rings. The van der Waals surface area contributed by atoms with Crippen LogP contribution in [0.25, 0.3) is 0 Å². The first-order valence-electron chi connectivity index (χ1n) is 4.01. The molecule has 1 N–H and O–H groups in total. The lowest BCUT2D eigenvalue weighted by molar-refractivity contribution is 0.445. The third-order valence-electron chi connectivity index (χ3n) is 2.19. The van der Waals surface area contributed by atoms with Crippen molar-refractivity contribution in [2.75, 3.05) is 7.05 Å². The van der Waals surface area contributed by atoms with Gasteiger partial charge >= 0.3 is 0 Å². The van der Waals surface area contributed by atoms with Crippen molar-refractivity contribution in [3.05, 3.63) is 34.9 Å². The number of benzene rings is 1. The molecule has 0 saturated heterocycles. The molecule has 0 unspecified atom stereocenters. The first kappa shape index (κ1) is 9.56. The molecule has 0 heterocycles. The fourth-order valence-corrected chi connectivity index (χ4v) is 1.14. The van der Waals surface area contributed by atoms with Crippen LogP contribution in [0.1, 0.15) is 19.4 Å². The number of hydrogen-bond donors (Lipinski definition) is 1. The average molecular weight is 184 g/mol. The predicted octanol–water partition coefficient (Wildman–Crippen LogP) is 2.79. The van der Waals surface area contributed by atoms with Crippen LogP contribution >= 0.6 is 11.6 Å². The van der Waals surface area contributed by atoms with Gasteiger partial charge in [-0.25, -0.2) is 0 Å². The van der Waals surface area contributed by atoms with Gasteiger partial charge in [-0.1, -0.05) is 23.7 Å². The van der Waals surface area contributed by atoms with Crippen LogP contribution < -0.4 is 5.32 Å². The van der Waals surface area contributed by atoms with Crippen LogP contribution in [0.2, 0.25) is 5.02 Å². The molecule has 0 saturated carbocycles. The Kier molecular flexibility index (Phi) is 2.76. The highest BCUT2D eigenvalue weighted by Crippen LogP contribution is 2.20. The van der Waals surface area contributed by atoms with Crippen LogP contribution in [-0.4, -0.2) is 7.05 Å². The van der Waals surface area contributed by atoms with Crippen molar-refractivity contribution in [3.63, 3.8) is 0 Å². The van der Waals surface area contributed by atoms with Crippen molar-refractivity contribution in [2.45, 2.75) is 19.4 Å². The lowest BCUT2D eigenvalue weighted by Gasteiger charge is -2.24. The molecule has 0 radical (unpaired) electrons. The maximum atomic E-state index is 5.78. The summed E-state index contributed by atoms with van der Waals surface area (Å²) in [6.07, 6.45) is 0. The highest BCUT2D eigenvalue weighted by Gasteiger charge is 2.16. The van der Waals surface area contributed by atoms with Gasteiger partial charge < -0.3 is 5.32 Å². The van der Waals surface area contributed by atoms with E-state index in [1.54, 1.807) is 0 Å². The lowest BCUT2D eigenvalue weighted by Crippen LogP contribution is -2.32. The summed E-state index contributed by atoms with van der Waals surface area (Å²) in [7, 11) is 1.95. The molecule has 1 nitrogen and oxygen atoms in total. The van der Waals surface area contributed by atoms with E-state index in [2.05, 4.69) is 19.2 Å². The normalized spacial score (nSPS) is 11.7. The molecule has 66 valence electrons. The van der Waals surface area contributed by atoms with E-state index in [1.807, 2.05) is 31.3 Å². The van der Waals surface area contributed by atoms with Gasteiger partial charge in [0.1, 0.15) is 0 Å². The van der Waals surface area contributed by atoms with Crippen molar-refractivity contribution in [3.8, 4) is 0 Å².